The number of fused-ring (bicyclic) bond motifs is 6. The molecule has 2 heterocycles. The predicted octanol–water partition coefficient (Wildman–Crippen LogP) is 4.14. The minimum absolute atomic E-state index is 0.412. The van der Waals surface area contributed by atoms with Gasteiger partial charge in [-0.2, -0.15) is 0 Å². The van der Waals surface area contributed by atoms with Crippen molar-refractivity contribution in [3.63, 3.8) is 0 Å². The third kappa shape index (κ3) is 1.46. The number of hydrogen-bond acceptors (Lipinski definition) is 2. The third-order valence-corrected chi connectivity index (χ3v) is 6.62. The molecular weight excluding hydrogens is 306 g/mol. The van der Waals surface area contributed by atoms with Gasteiger partial charge in [-0.15, -0.1) is 0 Å². The van der Waals surface area contributed by atoms with E-state index in [1.165, 1.54) is 0 Å². The Bertz CT molecular complexity index is 1230. The second-order valence-electron chi connectivity index (χ2n) is 5.94. The molecule has 0 radical (unpaired) electrons. The number of para-hydroxylation sites is 1. The minimum atomic E-state index is -3.43. The summed E-state index contributed by atoms with van der Waals surface area (Å²) in [7, 11) is -1.40. The third-order valence-electron chi connectivity index (χ3n) is 4.77. The van der Waals surface area contributed by atoms with E-state index in [-0.39, 0.29) is 0 Å². The second-order valence-corrected chi connectivity index (χ2v) is 7.83. The molecule has 0 fully saturated rings. The number of sulfone groups is 1. The summed E-state index contributed by atoms with van der Waals surface area (Å²) in [6, 6.07) is 19.2. The number of benzene rings is 3. The van der Waals surface area contributed by atoms with Gasteiger partial charge in [0.25, 0.3) is 0 Å². The molecule has 1 aliphatic heterocycles. The van der Waals surface area contributed by atoms with Crippen LogP contribution in [0.25, 0.3) is 32.9 Å². The molecule has 0 amide bonds. The molecule has 4 aromatic rings. The van der Waals surface area contributed by atoms with Crippen LogP contribution in [0.3, 0.4) is 0 Å². The molecule has 0 atom stereocenters. The van der Waals surface area contributed by atoms with Gasteiger partial charge >= 0.3 is 0 Å². The molecule has 4 heteroatoms. The normalized spacial score (nSPS) is 15.0. The summed E-state index contributed by atoms with van der Waals surface area (Å²) >= 11 is 0. The Hall–Kier alpha value is -2.59. The van der Waals surface area contributed by atoms with E-state index in [2.05, 4.69) is 10.6 Å². The fraction of sp³-hybridized carbons (Fsp3) is 0.0526. The molecular formula is C19H13NO2S. The summed E-state index contributed by atoms with van der Waals surface area (Å²) in [4.78, 5) is 0.831. The van der Waals surface area contributed by atoms with Crippen LogP contribution in [0.4, 0.5) is 0 Å². The van der Waals surface area contributed by atoms with Gasteiger partial charge in [-0.05, 0) is 24.3 Å². The topological polar surface area (TPSA) is 39.1 Å². The van der Waals surface area contributed by atoms with Crippen LogP contribution < -0.4 is 0 Å². The van der Waals surface area contributed by atoms with Crippen molar-refractivity contribution in [3.05, 3.63) is 60.7 Å². The molecule has 0 unspecified atom stereocenters. The maximum Gasteiger partial charge on any atom is 0.207 e. The summed E-state index contributed by atoms with van der Waals surface area (Å²) in [5.41, 5.74) is 3.77. The van der Waals surface area contributed by atoms with E-state index < -0.39 is 9.84 Å². The van der Waals surface area contributed by atoms with E-state index in [0.717, 1.165) is 32.9 Å². The monoisotopic (exact) mass is 319 g/mol. The number of aryl methyl sites for hydroxylation is 1. The highest BCUT2D eigenvalue weighted by atomic mass is 32.2. The van der Waals surface area contributed by atoms with E-state index in [1.807, 2.05) is 49.5 Å². The van der Waals surface area contributed by atoms with Crippen molar-refractivity contribution in [2.24, 2.45) is 7.05 Å². The maximum absolute atomic E-state index is 12.9. The molecule has 0 aliphatic carbocycles. The van der Waals surface area contributed by atoms with Gasteiger partial charge in [-0.1, -0.05) is 36.4 Å². The van der Waals surface area contributed by atoms with Gasteiger partial charge in [-0.3, -0.25) is 0 Å². The molecule has 1 aliphatic rings. The first-order chi connectivity index (χ1) is 11.1. The molecule has 5 rings (SSSR count). The van der Waals surface area contributed by atoms with E-state index in [1.54, 1.807) is 12.1 Å². The van der Waals surface area contributed by atoms with Gasteiger partial charge in [0.2, 0.25) is 9.84 Å². The molecule has 0 spiro atoms. The average molecular weight is 319 g/mol. The molecule has 1 aromatic heterocycles. The first-order valence-electron chi connectivity index (χ1n) is 7.45. The molecule has 0 saturated carbocycles. The minimum Gasteiger partial charge on any atom is -0.344 e. The summed E-state index contributed by atoms with van der Waals surface area (Å²) in [6.45, 7) is 0. The first-order valence-corrected chi connectivity index (χ1v) is 8.93. The van der Waals surface area contributed by atoms with Gasteiger partial charge in [0.05, 0.1) is 9.79 Å². The number of rotatable bonds is 0. The number of aromatic nitrogens is 1. The zero-order chi connectivity index (χ0) is 15.8. The van der Waals surface area contributed by atoms with Crippen molar-refractivity contribution in [1.82, 2.24) is 4.57 Å². The van der Waals surface area contributed by atoms with Crippen molar-refractivity contribution >= 4 is 31.6 Å². The number of hydrogen-bond donors (Lipinski definition) is 0. The van der Waals surface area contributed by atoms with Gasteiger partial charge < -0.3 is 4.57 Å². The first kappa shape index (κ1) is 12.9. The Morgan fingerprint density at radius 1 is 0.739 bits per heavy atom. The van der Waals surface area contributed by atoms with Crippen molar-refractivity contribution in [2.75, 3.05) is 0 Å². The lowest BCUT2D eigenvalue weighted by atomic mass is 10.0. The summed E-state index contributed by atoms with van der Waals surface area (Å²) in [5.74, 6) is 0. The highest BCUT2D eigenvalue weighted by Crippen LogP contribution is 2.45. The largest absolute Gasteiger partial charge is 0.344 e. The molecule has 112 valence electrons. The standard InChI is InChI=1S/C19H13NO2S/c1-20-16-8-4-2-6-12(16)14-11-19-15(10-17(14)20)13-7-3-5-9-18(13)23(19,21)22/h2-11H,1H3. The van der Waals surface area contributed by atoms with E-state index in [4.69, 9.17) is 0 Å². The lowest BCUT2D eigenvalue weighted by Crippen LogP contribution is -1.96. The molecule has 0 saturated heterocycles. The molecule has 3 aromatic carbocycles. The maximum atomic E-state index is 12.9. The van der Waals surface area contributed by atoms with Crippen LogP contribution in [0.5, 0.6) is 0 Å². The van der Waals surface area contributed by atoms with Crippen LogP contribution in [0, 0.1) is 0 Å². The van der Waals surface area contributed by atoms with Gasteiger partial charge in [-0.25, -0.2) is 8.42 Å². The average Bonchev–Trinajstić information content (AvgIpc) is 2.98. The molecule has 0 N–H and O–H groups in total. The molecule has 3 nitrogen and oxygen atoms in total. The van der Waals surface area contributed by atoms with Crippen LogP contribution in [-0.4, -0.2) is 13.0 Å². The Morgan fingerprint density at radius 3 is 2.35 bits per heavy atom. The highest BCUT2D eigenvalue weighted by Gasteiger charge is 2.33. The Labute approximate surface area is 133 Å². The Morgan fingerprint density at radius 2 is 1.48 bits per heavy atom. The van der Waals surface area contributed by atoms with Crippen LogP contribution in [0.2, 0.25) is 0 Å². The van der Waals surface area contributed by atoms with Gasteiger partial charge in [0.1, 0.15) is 0 Å². The zero-order valence-electron chi connectivity index (χ0n) is 12.4. The highest BCUT2D eigenvalue weighted by molar-refractivity contribution is 7.92. The summed E-state index contributed by atoms with van der Waals surface area (Å²) in [6.07, 6.45) is 0. The van der Waals surface area contributed by atoms with Gasteiger partial charge in [0.15, 0.2) is 0 Å². The van der Waals surface area contributed by atoms with Crippen LogP contribution in [0.15, 0.2) is 70.5 Å². The van der Waals surface area contributed by atoms with Crippen molar-refractivity contribution in [2.45, 2.75) is 9.79 Å². The quantitative estimate of drug-likeness (QED) is 0.430. The van der Waals surface area contributed by atoms with Crippen molar-refractivity contribution in [3.8, 4) is 11.1 Å². The predicted molar refractivity (Wildman–Crippen MR) is 91.3 cm³/mol. The lowest BCUT2D eigenvalue weighted by Gasteiger charge is -2.02. The lowest BCUT2D eigenvalue weighted by molar-refractivity contribution is 0.599. The Balaban J connectivity index is 2.02. The summed E-state index contributed by atoms with van der Waals surface area (Å²) < 4.78 is 27.8. The van der Waals surface area contributed by atoms with E-state index >= 15 is 0 Å². The molecule has 23 heavy (non-hydrogen) atoms. The smallest absolute Gasteiger partial charge is 0.207 e. The van der Waals surface area contributed by atoms with E-state index in [0.29, 0.717) is 9.79 Å². The molecule has 0 bridgehead atoms. The van der Waals surface area contributed by atoms with Crippen molar-refractivity contribution < 1.29 is 8.42 Å². The van der Waals surface area contributed by atoms with Crippen LogP contribution >= 0.6 is 0 Å². The second kappa shape index (κ2) is 4.03. The van der Waals surface area contributed by atoms with Gasteiger partial charge in [0, 0.05) is 40.0 Å². The summed E-state index contributed by atoms with van der Waals surface area (Å²) in [5, 5.41) is 2.07. The van der Waals surface area contributed by atoms with E-state index in [9.17, 15) is 8.42 Å². The number of nitrogens with zero attached hydrogens (tertiary/aromatic N) is 1. The fourth-order valence-corrected chi connectivity index (χ4v) is 5.35. The van der Waals surface area contributed by atoms with Crippen molar-refractivity contribution in [1.29, 1.82) is 0 Å². The van der Waals surface area contributed by atoms with Crippen LogP contribution in [0.1, 0.15) is 0 Å². The van der Waals surface area contributed by atoms with Crippen LogP contribution in [-0.2, 0) is 16.9 Å². The SMILES string of the molecule is Cn1c2ccccc2c2cc3c(cc21)-c1ccccc1S3(=O)=O. The Kier molecular flexibility index (Phi) is 2.26. The fourth-order valence-electron chi connectivity index (χ4n) is 3.66. The zero-order valence-corrected chi connectivity index (χ0v) is 13.3.